The second-order valence-electron chi connectivity index (χ2n) is 6.38. The maximum absolute atomic E-state index is 5.94. The molecule has 2 aromatic rings. The maximum Gasteiger partial charge on any atom is 0.179 e. The number of methoxy groups -OCH3 is 3. The molecule has 0 aliphatic rings. The molecular weight excluding hydrogens is 358 g/mol. The second kappa shape index (κ2) is 11.2. The smallest absolute Gasteiger partial charge is 0.179 e. The molecule has 1 N–H and O–H groups in total. The topological polar surface area (TPSA) is 74.7 Å². The molecule has 28 heavy (non-hydrogen) atoms. The standard InChI is InChI=1S/C21H31N3O4/c1-6-7-10-22-21-20(14-23-15(2)24-21)28-11-8-9-16-12-18(26-4)19(27-5)13-17(16)25-3/h12-14H,6-11H2,1-5H3,(H,22,23,24). The van der Waals surface area contributed by atoms with Crippen molar-refractivity contribution >= 4 is 5.82 Å². The highest BCUT2D eigenvalue weighted by molar-refractivity contribution is 5.51. The van der Waals surface area contributed by atoms with E-state index in [4.69, 9.17) is 18.9 Å². The van der Waals surface area contributed by atoms with Gasteiger partial charge in [-0.25, -0.2) is 9.97 Å². The first kappa shape index (κ1) is 21.6. The Morgan fingerprint density at radius 1 is 0.929 bits per heavy atom. The van der Waals surface area contributed by atoms with E-state index in [9.17, 15) is 0 Å². The summed E-state index contributed by atoms with van der Waals surface area (Å²) in [6.07, 6.45) is 5.54. The summed E-state index contributed by atoms with van der Waals surface area (Å²) in [5, 5.41) is 3.33. The first-order chi connectivity index (χ1) is 13.6. The number of hydrogen-bond donors (Lipinski definition) is 1. The minimum Gasteiger partial charge on any atom is -0.496 e. The molecule has 0 saturated carbocycles. The molecule has 7 heteroatoms. The maximum atomic E-state index is 5.94. The molecule has 0 fully saturated rings. The molecule has 2 rings (SSSR count). The lowest BCUT2D eigenvalue weighted by Crippen LogP contribution is -2.09. The number of rotatable bonds is 12. The third-order valence-electron chi connectivity index (χ3n) is 4.33. The van der Waals surface area contributed by atoms with E-state index in [0.29, 0.717) is 23.9 Å². The number of nitrogens with one attached hydrogen (secondary N) is 1. The number of ether oxygens (including phenoxy) is 4. The fourth-order valence-electron chi connectivity index (χ4n) is 2.81. The van der Waals surface area contributed by atoms with Crippen LogP contribution in [0.5, 0.6) is 23.0 Å². The van der Waals surface area contributed by atoms with Crippen molar-refractivity contribution in [1.82, 2.24) is 9.97 Å². The molecule has 0 atom stereocenters. The number of anilines is 1. The number of benzene rings is 1. The van der Waals surface area contributed by atoms with Crippen molar-refractivity contribution in [3.8, 4) is 23.0 Å². The highest BCUT2D eigenvalue weighted by atomic mass is 16.5. The van der Waals surface area contributed by atoms with Gasteiger partial charge in [0.25, 0.3) is 0 Å². The highest BCUT2D eigenvalue weighted by Crippen LogP contribution is 2.35. The van der Waals surface area contributed by atoms with Crippen molar-refractivity contribution in [2.24, 2.45) is 0 Å². The third-order valence-corrected chi connectivity index (χ3v) is 4.33. The Morgan fingerprint density at radius 3 is 2.32 bits per heavy atom. The van der Waals surface area contributed by atoms with Crippen molar-refractivity contribution in [1.29, 1.82) is 0 Å². The Hall–Kier alpha value is -2.70. The summed E-state index contributed by atoms with van der Waals surface area (Å²) < 4.78 is 22.1. The van der Waals surface area contributed by atoms with Gasteiger partial charge < -0.3 is 24.3 Å². The Bertz CT molecular complexity index is 753. The van der Waals surface area contributed by atoms with Gasteiger partial charge in [-0.1, -0.05) is 13.3 Å². The molecule has 0 unspecified atom stereocenters. The van der Waals surface area contributed by atoms with E-state index in [1.54, 1.807) is 27.5 Å². The van der Waals surface area contributed by atoms with E-state index in [0.717, 1.165) is 55.2 Å². The van der Waals surface area contributed by atoms with Gasteiger partial charge in [0.1, 0.15) is 11.6 Å². The van der Waals surface area contributed by atoms with Gasteiger partial charge >= 0.3 is 0 Å². The quantitative estimate of drug-likeness (QED) is 0.549. The molecule has 0 aliphatic carbocycles. The van der Waals surface area contributed by atoms with Gasteiger partial charge in [-0.3, -0.25) is 0 Å². The van der Waals surface area contributed by atoms with Crippen LogP contribution in [0.25, 0.3) is 0 Å². The van der Waals surface area contributed by atoms with Gasteiger partial charge in [-0.05, 0) is 37.8 Å². The number of nitrogens with zero attached hydrogens (tertiary/aromatic N) is 2. The van der Waals surface area contributed by atoms with E-state index < -0.39 is 0 Å². The summed E-state index contributed by atoms with van der Waals surface area (Å²) in [4.78, 5) is 8.70. The van der Waals surface area contributed by atoms with Gasteiger partial charge in [-0.2, -0.15) is 0 Å². The lowest BCUT2D eigenvalue weighted by molar-refractivity contribution is 0.308. The first-order valence-electron chi connectivity index (χ1n) is 9.62. The van der Waals surface area contributed by atoms with Gasteiger partial charge in [0.2, 0.25) is 0 Å². The molecule has 1 aromatic carbocycles. The van der Waals surface area contributed by atoms with E-state index in [1.165, 1.54) is 0 Å². The lowest BCUT2D eigenvalue weighted by atomic mass is 10.1. The van der Waals surface area contributed by atoms with Crippen LogP contribution in [0.3, 0.4) is 0 Å². The summed E-state index contributed by atoms with van der Waals surface area (Å²) in [6.45, 7) is 5.45. The summed E-state index contributed by atoms with van der Waals surface area (Å²) in [6, 6.07) is 3.79. The zero-order valence-corrected chi connectivity index (χ0v) is 17.5. The zero-order chi connectivity index (χ0) is 20.4. The summed E-state index contributed by atoms with van der Waals surface area (Å²) in [5.41, 5.74) is 1.05. The van der Waals surface area contributed by atoms with Crippen LogP contribution in [0.4, 0.5) is 5.82 Å². The average molecular weight is 389 g/mol. The van der Waals surface area contributed by atoms with Crippen LogP contribution >= 0.6 is 0 Å². The van der Waals surface area contributed by atoms with Crippen LogP contribution in [0, 0.1) is 6.92 Å². The Morgan fingerprint density at radius 2 is 1.64 bits per heavy atom. The summed E-state index contributed by atoms with van der Waals surface area (Å²) >= 11 is 0. The highest BCUT2D eigenvalue weighted by Gasteiger charge is 2.12. The largest absolute Gasteiger partial charge is 0.496 e. The molecule has 0 amide bonds. The normalized spacial score (nSPS) is 10.5. The molecule has 0 radical (unpaired) electrons. The Kier molecular flexibility index (Phi) is 8.65. The molecule has 7 nitrogen and oxygen atoms in total. The monoisotopic (exact) mass is 389 g/mol. The van der Waals surface area contributed by atoms with Crippen LogP contribution < -0.4 is 24.3 Å². The second-order valence-corrected chi connectivity index (χ2v) is 6.38. The van der Waals surface area contributed by atoms with Crippen LogP contribution in [0.2, 0.25) is 0 Å². The third kappa shape index (κ3) is 5.90. The van der Waals surface area contributed by atoms with Crippen molar-refractivity contribution < 1.29 is 18.9 Å². The van der Waals surface area contributed by atoms with Gasteiger partial charge in [-0.15, -0.1) is 0 Å². The fraction of sp³-hybridized carbons (Fsp3) is 0.524. The number of aromatic nitrogens is 2. The molecule has 0 aliphatic heterocycles. The van der Waals surface area contributed by atoms with E-state index in [1.807, 2.05) is 19.1 Å². The van der Waals surface area contributed by atoms with E-state index in [2.05, 4.69) is 22.2 Å². The van der Waals surface area contributed by atoms with Crippen molar-refractivity contribution in [2.45, 2.75) is 39.5 Å². The minimum absolute atomic E-state index is 0.548. The van der Waals surface area contributed by atoms with Crippen molar-refractivity contribution in [3.05, 3.63) is 29.7 Å². The molecule has 1 aromatic heterocycles. The zero-order valence-electron chi connectivity index (χ0n) is 17.5. The Labute approximate surface area is 167 Å². The molecule has 1 heterocycles. The number of hydrogen-bond acceptors (Lipinski definition) is 7. The number of aryl methyl sites for hydroxylation is 2. The molecule has 0 bridgehead atoms. The fourth-order valence-corrected chi connectivity index (χ4v) is 2.81. The first-order valence-corrected chi connectivity index (χ1v) is 9.62. The summed E-state index contributed by atoms with van der Waals surface area (Å²) in [5.74, 6) is 4.28. The van der Waals surface area contributed by atoms with Crippen LogP contribution in [0.15, 0.2) is 18.3 Å². The van der Waals surface area contributed by atoms with Crippen molar-refractivity contribution in [2.75, 3.05) is 39.8 Å². The van der Waals surface area contributed by atoms with Gasteiger partial charge in [0.15, 0.2) is 23.1 Å². The summed E-state index contributed by atoms with van der Waals surface area (Å²) in [7, 11) is 4.89. The van der Waals surface area contributed by atoms with Crippen LogP contribution in [-0.4, -0.2) is 44.4 Å². The van der Waals surface area contributed by atoms with Gasteiger partial charge in [0.05, 0.1) is 34.1 Å². The van der Waals surface area contributed by atoms with Gasteiger partial charge in [0, 0.05) is 12.6 Å². The minimum atomic E-state index is 0.548. The SMILES string of the molecule is CCCCNc1nc(C)ncc1OCCCc1cc(OC)c(OC)cc1OC. The average Bonchev–Trinajstić information content (AvgIpc) is 2.72. The lowest BCUT2D eigenvalue weighted by Gasteiger charge is -2.15. The van der Waals surface area contributed by atoms with Crippen LogP contribution in [-0.2, 0) is 6.42 Å². The van der Waals surface area contributed by atoms with Crippen molar-refractivity contribution in [3.63, 3.8) is 0 Å². The van der Waals surface area contributed by atoms with E-state index in [-0.39, 0.29) is 0 Å². The molecule has 0 spiro atoms. The van der Waals surface area contributed by atoms with E-state index >= 15 is 0 Å². The predicted octanol–water partition coefficient (Wildman–Crippen LogP) is 4.03. The molecule has 0 saturated heterocycles. The van der Waals surface area contributed by atoms with Crippen LogP contribution in [0.1, 0.15) is 37.6 Å². The predicted molar refractivity (Wildman–Crippen MR) is 110 cm³/mol. The Balaban J connectivity index is 1.97. The molecular formula is C21H31N3O4. The number of unbranched alkanes of at least 4 members (excludes halogenated alkanes) is 1. The molecule has 154 valence electrons.